The summed E-state index contributed by atoms with van der Waals surface area (Å²) in [6.07, 6.45) is 2.31. The Morgan fingerprint density at radius 3 is 2.50 bits per heavy atom. The Morgan fingerprint density at radius 2 is 1.73 bits per heavy atom. The highest BCUT2D eigenvalue weighted by Crippen LogP contribution is 2.28. The smallest absolute Gasteiger partial charge is 0.296 e. The van der Waals surface area contributed by atoms with Gasteiger partial charge in [0.25, 0.3) is 11.8 Å². The summed E-state index contributed by atoms with van der Waals surface area (Å²) < 4.78 is 13.1. The number of imide groups is 1. The molecule has 2 N–H and O–H groups in total. The molecule has 0 fully saturated rings. The Hall–Kier alpha value is -3.41. The topological polar surface area (TPSA) is 73.4 Å². The van der Waals surface area contributed by atoms with Crippen molar-refractivity contribution in [1.29, 1.82) is 0 Å². The normalized spacial score (nSPS) is 14.7. The van der Waals surface area contributed by atoms with Gasteiger partial charge in [0.1, 0.15) is 5.82 Å². The zero-order valence-corrected chi connectivity index (χ0v) is 13.7. The molecule has 2 aromatic carbocycles. The lowest BCUT2D eigenvalue weighted by molar-refractivity contribution is -0.138. The second-order valence-electron chi connectivity index (χ2n) is 6.10. The molecule has 3 aromatic rings. The number of H-pyrrole nitrogens is 1. The minimum atomic E-state index is -0.728. The maximum atomic E-state index is 13.1. The first-order valence-electron chi connectivity index (χ1n) is 8.16. The van der Waals surface area contributed by atoms with E-state index >= 15 is 0 Å². The third-order valence-corrected chi connectivity index (χ3v) is 4.56. The summed E-state index contributed by atoms with van der Waals surface area (Å²) in [5.41, 5.74) is 2.19. The van der Waals surface area contributed by atoms with Gasteiger partial charge < -0.3 is 10.1 Å². The first-order chi connectivity index (χ1) is 12.6. The number of hydrogen-bond acceptors (Lipinski definition) is 3. The lowest BCUT2D eigenvalue weighted by Gasteiger charge is -2.14. The van der Waals surface area contributed by atoms with E-state index in [4.69, 9.17) is 0 Å². The number of rotatable bonds is 4. The number of para-hydroxylation sites is 1. The molecule has 0 aliphatic carbocycles. The van der Waals surface area contributed by atoms with Crippen molar-refractivity contribution in [2.75, 3.05) is 6.54 Å². The molecule has 0 unspecified atom stereocenters. The van der Waals surface area contributed by atoms with Crippen LogP contribution in [0.5, 0.6) is 0 Å². The van der Waals surface area contributed by atoms with Crippen LogP contribution in [0.2, 0.25) is 0 Å². The molecule has 5 nitrogen and oxygen atoms in total. The van der Waals surface area contributed by atoms with E-state index in [0.29, 0.717) is 12.0 Å². The van der Waals surface area contributed by atoms with Gasteiger partial charge in [0.05, 0.1) is 5.57 Å². The van der Waals surface area contributed by atoms with Gasteiger partial charge in [-0.1, -0.05) is 30.3 Å². The Morgan fingerprint density at radius 1 is 1.00 bits per heavy atom. The minimum Gasteiger partial charge on any atom is -0.502 e. The van der Waals surface area contributed by atoms with Crippen LogP contribution >= 0.6 is 0 Å². The number of aliphatic hydroxyl groups excluding tert-OH is 1. The number of halogens is 1. The Bertz CT molecular complexity index is 1050. The quantitative estimate of drug-likeness (QED) is 0.710. The highest BCUT2D eigenvalue weighted by molar-refractivity contribution is 6.34. The third kappa shape index (κ3) is 2.56. The molecule has 0 spiro atoms. The molecule has 1 aliphatic heterocycles. The van der Waals surface area contributed by atoms with Gasteiger partial charge in [-0.3, -0.25) is 14.5 Å². The first-order valence-corrected chi connectivity index (χ1v) is 8.16. The van der Waals surface area contributed by atoms with Crippen LogP contribution in [0.3, 0.4) is 0 Å². The van der Waals surface area contributed by atoms with Crippen LogP contribution in [0.4, 0.5) is 4.39 Å². The molecule has 4 rings (SSSR count). The zero-order valence-electron chi connectivity index (χ0n) is 13.7. The molecule has 0 saturated heterocycles. The third-order valence-electron chi connectivity index (χ3n) is 4.56. The van der Waals surface area contributed by atoms with E-state index < -0.39 is 23.4 Å². The van der Waals surface area contributed by atoms with Gasteiger partial charge in [0.2, 0.25) is 0 Å². The van der Waals surface area contributed by atoms with Crippen LogP contribution in [0, 0.1) is 5.82 Å². The van der Waals surface area contributed by atoms with Gasteiger partial charge in [-0.05, 0) is 35.7 Å². The fraction of sp³-hybridized carbons (Fsp3) is 0.100. The lowest BCUT2D eigenvalue weighted by atomic mass is 10.1. The first kappa shape index (κ1) is 16.1. The van der Waals surface area contributed by atoms with E-state index in [1.165, 1.54) is 24.3 Å². The molecule has 130 valence electrons. The zero-order chi connectivity index (χ0) is 18.3. The van der Waals surface area contributed by atoms with Gasteiger partial charge in [0.15, 0.2) is 5.76 Å². The van der Waals surface area contributed by atoms with Gasteiger partial charge in [0, 0.05) is 23.6 Å². The van der Waals surface area contributed by atoms with Crippen LogP contribution in [-0.2, 0) is 16.0 Å². The lowest BCUT2D eigenvalue weighted by Crippen LogP contribution is -2.33. The predicted molar refractivity (Wildman–Crippen MR) is 94.7 cm³/mol. The summed E-state index contributed by atoms with van der Waals surface area (Å²) in [5.74, 6) is -2.35. The molecule has 0 atom stereocenters. The maximum Gasteiger partial charge on any atom is 0.296 e. The summed E-state index contributed by atoms with van der Waals surface area (Å²) in [5, 5.41) is 11.1. The van der Waals surface area contributed by atoms with Crippen LogP contribution in [0.15, 0.2) is 60.5 Å². The number of fused-ring (bicyclic) bond motifs is 1. The fourth-order valence-corrected chi connectivity index (χ4v) is 3.21. The summed E-state index contributed by atoms with van der Waals surface area (Å²) in [7, 11) is 0. The molecular formula is C20H15FN2O3. The average Bonchev–Trinajstić information content (AvgIpc) is 3.15. The standard InChI is InChI=1S/C20H15FN2O3/c21-14-7-5-12(6-8-14)17-18(24)20(26)23(19(17)25)10-9-13-11-22-16-4-2-1-3-15(13)16/h1-8,11,22,24H,9-10H2. The van der Waals surface area contributed by atoms with Crippen molar-refractivity contribution in [1.82, 2.24) is 9.88 Å². The second-order valence-corrected chi connectivity index (χ2v) is 6.10. The van der Waals surface area contributed by atoms with E-state index in [1.54, 1.807) is 0 Å². The molecule has 2 heterocycles. The summed E-state index contributed by atoms with van der Waals surface area (Å²) in [6, 6.07) is 12.9. The summed E-state index contributed by atoms with van der Waals surface area (Å²) in [4.78, 5) is 29.1. The van der Waals surface area contributed by atoms with E-state index in [0.717, 1.165) is 21.4 Å². The second kappa shape index (κ2) is 6.15. The number of aromatic amines is 1. The van der Waals surface area contributed by atoms with Crippen molar-refractivity contribution in [3.63, 3.8) is 0 Å². The maximum absolute atomic E-state index is 13.1. The molecule has 2 amide bonds. The van der Waals surface area contributed by atoms with Crippen molar-refractivity contribution in [3.05, 3.63) is 77.4 Å². The number of aromatic nitrogens is 1. The van der Waals surface area contributed by atoms with Crippen LogP contribution in [0.1, 0.15) is 11.1 Å². The summed E-state index contributed by atoms with van der Waals surface area (Å²) >= 11 is 0. The fourth-order valence-electron chi connectivity index (χ4n) is 3.21. The SMILES string of the molecule is O=C1C(O)=C(c2ccc(F)cc2)C(=O)N1CCc1c[nH]c2ccccc12. The average molecular weight is 350 g/mol. The number of carbonyl (C=O) groups excluding carboxylic acids is 2. The number of amides is 2. The predicted octanol–water partition coefficient (Wildman–Crippen LogP) is 3.19. The van der Waals surface area contributed by atoms with Gasteiger partial charge >= 0.3 is 0 Å². The molecule has 0 radical (unpaired) electrons. The van der Waals surface area contributed by atoms with E-state index in [9.17, 15) is 19.1 Å². The van der Waals surface area contributed by atoms with Gasteiger partial charge in [-0.25, -0.2) is 4.39 Å². The van der Waals surface area contributed by atoms with Crippen molar-refractivity contribution in [2.24, 2.45) is 0 Å². The largest absolute Gasteiger partial charge is 0.502 e. The number of hydrogen-bond donors (Lipinski definition) is 2. The minimum absolute atomic E-state index is 0.0890. The summed E-state index contributed by atoms with van der Waals surface area (Å²) in [6.45, 7) is 0.147. The highest BCUT2D eigenvalue weighted by atomic mass is 19.1. The van der Waals surface area contributed by atoms with Crippen molar-refractivity contribution < 1.29 is 19.1 Å². The number of carbonyl (C=O) groups is 2. The van der Waals surface area contributed by atoms with Crippen molar-refractivity contribution in [2.45, 2.75) is 6.42 Å². The number of aliphatic hydroxyl groups is 1. The van der Waals surface area contributed by atoms with Crippen molar-refractivity contribution in [3.8, 4) is 0 Å². The van der Waals surface area contributed by atoms with Crippen molar-refractivity contribution >= 4 is 28.3 Å². The Kier molecular flexibility index (Phi) is 3.80. The number of nitrogens with one attached hydrogen (secondary N) is 1. The molecule has 0 saturated carbocycles. The molecular weight excluding hydrogens is 335 g/mol. The van der Waals surface area contributed by atoms with Crippen LogP contribution < -0.4 is 0 Å². The van der Waals surface area contributed by atoms with E-state index in [2.05, 4.69) is 4.98 Å². The molecule has 6 heteroatoms. The van der Waals surface area contributed by atoms with Crippen LogP contribution in [0.25, 0.3) is 16.5 Å². The Balaban J connectivity index is 1.56. The highest BCUT2D eigenvalue weighted by Gasteiger charge is 2.38. The van der Waals surface area contributed by atoms with Gasteiger partial charge in [-0.15, -0.1) is 0 Å². The molecule has 0 bridgehead atoms. The van der Waals surface area contributed by atoms with Gasteiger partial charge in [-0.2, -0.15) is 0 Å². The molecule has 26 heavy (non-hydrogen) atoms. The van der Waals surface area contributed by atoms with E-state index in [-0.39, 0.29) is 12.1 Å². The Labute approximate surface area is 148 Å². The monoisotopic (exact) mass is 350 g/mol. The number of nitrogens with zero attached hydrogens (tertiary/aromatic N) is 1. The number of benzene rings is 2. The molecule has 1 aromatic heterocycles. The van der Waals surface area contributed by atoms with E-state index in [1.807, 2.05) is 30.5 Å². The van der Waals surface area contributed by atoms with Crippen LogP contribution in [-0.4, -0.2) is 33.3 Å². The molecule has 1 aliphatic rings.